The van der Waals surface area contributed by atoms with Crippen molar-refractivity contribution in [1.29, 1.82) is 0 Å². The lowest BCUT2D eigenvalue weighted by molar-refractivity contribution is -0.136. The molecule has 1 unspecified atom stereocenters. The summed E-state index contributed by atoms with van der Waals surface area (Å²) in [4.78, 5) is 40.8. The molecule has 0 radical (unpaired) electrons. The van der Waals surface area contributed by atoms with Crippen molar-refractivity contribution in [3.05, 3.63) is 34.9 Å². The third-order valence-electron chi connectivity index (χ3n) is 7.19. The fraction of sp³-hybridized carbons (Fsp3) is 0.591. The SMILES string of the molecule is O=C1CCC(N2Cc3c(CN4CCC(C5CNC5)CC4)cccc3C2=O)C(=O)N1. The number of imide groups is 1. The molecule has 154 valence electrons. The Bertz CT molecular complexity index is 842. The number of piperidine rings is 2. The van der Waals surface area contributed by atoms with Crippen molar-refractivity contribution in [2.75, 3.05) is 26.2 Å². The van der Waals surface area contributed by atoms with Crippen molar-refractivity contribution in [3.63, 3.8) is 0 Å². The number of fused-ring (bicyclic) bond motifs is 1. The maximum atomic E-state index is 13.0. The predicted molar refractivity (Wildman–Crippen MR) is 107 cm³/mol. The molecule has 1 aromatic rings. The van der Waals surface area contributed by atoms with Gasteiger partial charge < -0.3 is 10.2 Å². The molecule has 0 spiro atoms. The van der Waals surface area contributed by atoms with E-state index < -0.39 is 6.04 Å². The van der Waals surface area contributed by atoms with Crippen molar-refractivity contribution in [2.45, 2.75) is 44.8 Å². The first-order valence-electron chi connectivity index (χ1n) is 10.8. The van der Waals surface area contributed by atoms with Crippen LogP contribution in [0.5, 0.6) is 0 Å². The van der Waals surface area contributed by atoms with E-state index in [1.54, 1.807) is 4.90 Å². The van der Waals surface area contributed by atoms with Crippen LogP contribution in [0.3, 0.4) is 0 Å². The smallest absolute Gasteiger partial charge is 0.255 e. The Labute approximate surface area is 170 Å². The zero-order valence-corrected chi connectivity index (χ0v) is 16.7. The van der Waals surface area contributed by atoms with Gasteiger partial charge in [0.2, 0.25) is 11.8 Å². The summed E-state index contributed by atoms with van der Waals surface area (Å²) in [5.74, 6) is 1.01. The summed E-state index contributed by atoms with van der Waals surface area (Å²) < 4.78 is 0. The number of hydrogen-bond donors (Lipinski definition) is 2. The van der Waals surface area contributed by atoms with E-state index >= 15 is 0 Å². The summed E-state index contributed by atoms with van der Waals surface area (Å²) in [6, 6.07) is 5.38. The number of carbonyl (C=O) groups is 3. The molecule has 3 amide bonds. The fourth-order valence-corrected chi connectivity index (χ4v) is 5.27. The monoisotopic (exact) mass is 396 g/mol. The largest absolute Gasteiger partial charge is 0.322 e. The Hall–Kier alpha value is -2.25. The maximum Gasteiger partial charge on any atom is 0.255 e. The lowest BCUT2D eigenvalue weighted by Gasteiger charge is -2.40. The van der Waals surface area contributed by atoms with Crippen molar-refractivity contribution in [1.82, 2.24) is 20.4 Å². The molecular formula is C22H28N4O3. The van der Waals surface area contributed by atoms with Crippen molar-refractivity contribution >= 4 is 17.7 Å². The highest BCUT2D eigenvalue weighted by Gasteiger charge is 2.40. The topological polar surface area (TPSA) is 81.8 Å². The molecule has 29 heavy (non-hydrogen) atoms. The van der Waals surface area contributed by atoms with E-state index in [0.29, 0.717) is 18.5 Å². The molecule has 3 fully saturated rings. The first-order chi connectivity index (χ1) is 14.1. The molecule has 5 rings (SSSR count). The van der Waals surface area contributed by atoms with E-state index in [2.05, 4.69) is 21.6 Å². The molecule has 0 aliphatic carbocycles. The molecule has 0 saturated carbocycles. The lowest BCUT2D eigenvalue weighted by atomic mass is 9.81. The van der Waals surface area contributed by atoms with Gasteiger partial charge in [0.25, 0.3) is 5.91 Å². The van der Waals surface area contributed by atoms with E-state index in [9.17, 15) is 14.4 Å². The first kappa shape index (κ1) is 18.8. The number of hydrogen-bond acceptors (Lipinski definition) is 5. The zero-order chi connectivity index (χ0) is 20.0. The third-order valence-corrected chi connectivity index (χ3v) is 7.19. The Morgan fingerprint density at radius 3 is 2.48 bits per heavy atom. The van der Waals surface area contributed by atoms with Crippen LogP contribution in [0.4, 0.5) is 0 Å². The molecule has 7 nitrogen and oxygen atoms in total. The molecule has 1 atom stereocenters. The summed E-state index contributed by atoms with van der Waals surface area (Å²) in [6.45, 7) is 5.88. The Morgan fingerprint density at radius 1 is 1.00 bits per heavy atom. The van der Waals surface area contributed by atoms with E-state index in [4.69, 9.17) is 0 Å². The highest BCUT2D eigenvalue weighted by atomic mass is 16.2. The van der Waals surface area contributed by atoms with Crippen molar-refractivity contribution < 1.29 is 14.4 Å². The average Bonchev–Trinajstić information content (AvgIpc) is 3.00. The standard InChI is InChI=1S/C22H28N4O3/c27-20-5-4-19(21(28)24-20)26-13-18-15(2-1-3-17(18)22(26)29)12-25-8-6-14(7-9-25)16-10-23-11-16/h1-3,14,16,19,23H,4-13H2,(H,24,27,28). The minimum Gasteiger partial charge on any atom is -0.322 e. The molecule has 1 aromatic carbocycles. The second kappa shape index (κ2) is 7.54. The molecule has 2 N–H and O–H groups in total. The number of benzene rings is 1. The van der Waals surface area contributed by atoms with Crippen LogP contribution in [-0.4, -0.2) is 59.7 Å². The van der Waals surface area contributed by atoms with Crippen LogP contribution >= 0.6 is 0 Å². The molecule has 0 bridgehead atoms. The fourth-order valence-electron chi connectivity index (χ4n) is 5.27. The van der Waals surface area contributed by atoms with Crippen molar-refractivity contribution in [2.24, 2.45) is 11.8 Å². The first-order valence-corrected chi connectivity index (χ1v) is 10.8. The van der Waals surface area contributed by atoms with Crippen molar-refractivity contribution in [3.8, 4) is 0 Å². The normalized spacial score (nSPS) is 26.4. The van der Waals surface area contributed by atoms with Gasteiger partial charge in [-0.15, -0.1) is 0 Å². The van der Waals surface area contributed by atoms with Gasteiger partial charge >= 0.3 is 0 Å². The summed E-state index contributed by atoms with van der Waals surface area (Å²) in [7, 11) is 0. The molecular weight excluding hydrogens is 368 g/mol. The Morgan fingerprint density at radius 2 is 1.79 bits per heavy atom. The van der Waals surface area contributed by atoms with E-state index in [-0.39, 0.29) is 24.1 Å². The lowest BCUT2D eigenvalue weighted by Crippen LogP contribution is -2.52. The third kappa shape index (κ3) is 3.46. The van der Waals surface area contributed by atoms with Crippen LogP contribution in [0.2, 0.25) is 0 Å². The number of nitrogens with one attached hydrogen (secondary N) is 2. The van der Waals surface area contributed by atoms with Crippen LogP contribution < -0.4 is 10.6 Å². The highest BCUT2D eigenvalue weighted by molar-refractivity contribution is 6.05. The minimum atomic E-state index is -0.549. The molecule has 0 aromatic heterocycles. The number of likely N-dealkylation sites (tertiary alicyclic amines) is 1. The van der Waals surface area contributed by atoms with Gasteiger partial charge in [0.15, 0.2) is 0 Å². The van der Waals surface area contributed by atoms with Crippen LogP contribution in [0.25, 0.3) is 0 Å². The summed E-state index contributed by atoms with van der Waals surface area (Å²) >= 11 is 0. The summed E-state index contributed by atoms with van der Waals surface area (Å²) in [5.41, 5.74) is 2.95. The van der Waals surface area contributed by atoms with Gasteiger partial charge in [-0.3, -0.25) is 24.6 Å². The second-order valence-corrected chi connectivity index (χ2v) is 8.88. The minimum absolute atomic E-state index is 0.0902. The Balaban J connectivity index is 1.27. The molecule has 4 aliphatic heterocycles. The molecule has 4 aliphatic rings. The summed E-state index contributed by atoms with van der Waals surface area (Å²) in [6.07, 6.45) is 3.20. The van der Waals surface area contributed by atoms with Gasteiger partial charge in [-0.1, -0.05) is 12.1 Å². The van der Waals surface area contributed by atoms with Gasteiger partial charge in [0, 0.05) is 25.1 Å². The Kier molecular flexibility index (Phi) is 4.87. The van der Waals surface area contributed by atoms with Gasteiger partial charge in [-0.2, -0.15) is 0 Å². The average molecular weight is 396 g/mol. The predicted octanol–water partition coefficient (Wildman–Crippen LogP) is 0.879. The van der Waals surface area contributed by atoms with Gasteiger partial charge in [-0.25, -0.2) is 0 Å². The molecule has 4 heterocycles. The van der Waals surface area contributed by atoms with E-state index in [1.165, 1.54) is 31.5 Å². The van der Waals surface area contributed by atoms with E-state index in [1.807, 2.05) is 12.1 Å². The van der Waals surface area contributed by atoms with Crippen LogP contribution in [0.1, 0.15) is 47.2 Å². The van der Waals surface area contributed by atoms with Crippen LogP contribution in [-0.2, 0) is 22.7 Å². The number of amides is 3. The van der Waals surface area contributed by atoms with Crippen LogP contribution in [0, 0.1) is 11.8 Å². The highest BCUT2D eigenvalue weighted by Crippen LogP contribution is 2.32. The maximum absolute atomic E-state index is 13.0. The molecule has 3 saturated heterocycles. The van der Waals surface area contributed by atoms with Crippen LogP contribution in [0.15, 0.2) is 18.2 Å². The van der Waals surface area contributed by atoms with Gasteiger partial charge in [0.1, 0.15) is 6.04 Å². The summed E-state index contributed by atoms with van der Waals surface area (Å²) in [5, 5.41) is 5.75. The van der Waals surface area contributed by atoms with E-state index in [0.717, 1.165) is 37.0 Å². The van der Waals surface area contributed by atoms with Gasteiger partial charge in [0.05, 0.1) is 0 Å². The zero-order valence-electron chi connectivity index (χ0n) is 16.7. The quantitative estimate of drug-likeness (QED) is 0.739. The number of rotatable bonds is 4. The molecule has 7 heteroatoms. The number of nitrogens with zero attached hydrogens (tertiary/aromatic N) is 2. The van der Waals surface area contributed by atoms with Gasteiger partial charge in [-0.05, 0) is 74.5 Å². The number of carbonyl (C=O) groups excluding carboxylic acids is 3. The second-order valence-electron chi connectivity index (χ2n) is 8.88.